The molecule has 0 saturated carbocycles. The normalized spacial score (nSPS) is 18.2. The molecule has 2 aliphatic rings. The number of esters is 1. The number of nitrogens with two attached hydrogens (primary N) is 1. The van der Waals surface area contributed by atoms with Gasteiger partial charge in [0.15, 0.2) is 0 Å². The van der Waals surface area contributed by atoms with E-state index in [0.717, 1.165) is 44.6 Å². The van der Waals surface area contributed by atoms with Gasteiger partial charge in [-0.15, -0.1) is 12.4 Å². The number of likely N-dealkylation sites (tertiary alicyclic amines) is 1. The number of amidine groups is 1. The summed E-state index contributed by atoms with van der Waals surface area (Å²) < 4.78 is 10.7. The van der Waals surface area contributed by atoms with Crippen molar-refractivity contribution >= 4 is 36.0 Å². The molecule has 2 heterocycles. The zero-order valence-corrected chi connectivity index (χ0v) is 17.5. The summed E-state index contributed by atoms with van der Waals surface area (Å²) in [6, 6.07) is 7.06. The van der Waals surface area contributed by atoms with Crippen molar-refractivity contribution < 1.29 is 19.1 Å². The number of nitrogens with one attached hydrogen (secondary N) is 1. The average Bonchev–Trinajstić information content (AvgIpc) is 3.00. The molecule has 1 aromatic rings. The maximum Gasteiger partial charge on any atom is 0.415 e. The quantitative estimate of drug-likeness (QED) is 0.395. The van der Waals surface area contributed by atoms with Gasteiger partial charge < -0.3 is 20.1 Å². The zero-order valence-electron chi connectivity index (χ0n) is 16.7. The Morgan fingerprint density at radius 1 is 1.28 bits per heavy atom. The molecule has 0 unspecified atom stereocenters. The van der Waals surface area contributed by atoms with Crippen LogP contribution in [0, 0.1) is 5.41 Å². The monoisotopic (exact) mass is 424 g/mol. The van der Waals surface area contributed by atoms with Crippen LogP contribution in [0.3, 0.4) is 0 Å². The van der Waals surface area contributed by atoms with Crippen molar-refractivity contribution in [1.29, 1.82) is 5.41 Å². The molecule has 1 aromatic carbocycles. The minimum Gasteiger partial charge on any atom is -0.466 e. The molecule has 0 bridgehead atoms. The first-order valence-electron chi connectivity index (χ1n) is 9.75. The summed E-state index contributed by atoms with van der Waals surface area (Å²) in [5.41, 5.74) is 6.41. The third-order valence-corrected chi connectivity index (χ3v) is 5.39. The third kappa shape index (κ3) is 5.61. The number of nitrogens with zero attached hydrogens (tertiary/aromatic N) is 2. The van der Waals surface area contributed by atoms with E-state index in [-0.39, 0.29) is 30.3 Å². The van der Waals surface area contributed by atoms with Crippen LogP contribution >= 0.6 is 12.4 Å². The van der Waals surface area contributed by atoms with E-state index in [9.17, 15) is 9.59 Å². The smallest absolute Gasteiger partial charge is 0.415 e. The summed E-state index contributed by atoms with van der Waals surface area (Å²) in [5, 5.41) is 7.46. The Bertz CT molecular complexity index is 733. The minimum atomic E-state index is -0.450. The Kier molecular flexibility index (Phi) is 7.87. The fourth-order valence-electron chi connectivity index (χ4n) is 3.77. The number of halogens is 1. The SMILES string of the molecule is CCOC(=O)CCCN1CCC2(CC1)CN(c1ccc(C(=N)N)cc1)C(=O)O2.Cl. The lowest BCUT2D eigenvalue weighted by atomic mass is 9.91. The summed E-state index contributed by atoms with van der Waals surface area (Å²) in [7, 11) is 0. The lowest BCUT2D eigenvalue weighted by molar-refractivity contribution is -0.143. The second-order valence-electron chi connectivity index (χ2n) is 7.35. The number of hydrogen-bond acceptors (Lipinski definition) is 6. The van der Waals surface area contributed by atoms with Gasteiger partial charge >= 0.3 is 12.1 Å². The number of anilines is 1. The van der Waals surface area contributed by atoms with Gasteiger partial charge in [-0.25, -0.2) is 4.79 Å². The van der Waals surface area contributed by atoms with Crippen LogP contribution in [0.2, 0.25) is 0 Å². The summed E-state index contributed by atoms with van der Waals surface area (Å²) in [4.78, 5) is 27.8. The van der Waals surface area contributed by atoms with E-state index in [1.54, 1.807) is 29.2 Å². The lowest BCUT2D eigenvalue weighted by Crippen LogP contribution is -2.47. The summed E-state index contributed by atoms with van der Waals surface area (Å²) >= 11 is 0. The van der Waals surface area contributed by atoms with Crippen LogP contribution in [0.4, 0.5) is 10.5 Å². The molecule has 160 valence electrons. The highest BCUT2D eigenvalue weighted by atomic mass is 35.5. The number of amides is 1. The van der Waals surface area contributed by atoms with Gasteiger partial charge in [-0.05, 0) is 44.2 Å². The number of rotatable bonds is 7. The molecule has 8 nitrogen and oxygen atoms in total. The summed E-state index contributed by atoms with van der Waals surface area (Å²) in [6.45, 7) is 5.29. The molecule has 1 amide bonds. The van der Waals surface area contributed by atoms with Crippen molar-refractivity contribution in [3.63, 3.8) is 0 Å². The van der Waals surface area contributed by atoms with E-state index in [2.05, 4.69) is 4.90 Å². The number of piperidine rings is 1. The highest BCUT2D eigenvalue weighted by Crippen LogP contribution is 2.35. The van der Waals surface area contributed by atoms with Crippen molar-refractivity contribution in [3.8, 4) is 0 Å². The van der Waals surface area contributed by atoms with Crippen molar-refractivity contribution in [2.75, 3.05) is 37.7 Å². The number of ether oxygens (including phenoxy) is 2. The Morgan fingerprint density at radius 2 is 1.93 bits per heavy atom. The van der Waals surface area contributed by atoms with Crippen LogP contribution in [0.1, 0.15) is 38.2 Å². The fourth-order valence-corrected chi connectivity index (χ4v) is 3.77. The van der Waals surface area contributed by atoms with Crippen LogP contribution in [-0.4, -0.2) is 61.2 Å². The molecule has 0 atom stereocenters. The number of nitrogen functional groups attached to an aromatic ring is 1. The minimum absolute atomic E-state index is 0. The highest BCUT2D eigenvalue weighted by Gasteiger charge is 2.47. The Morgan fingerprint density at radius 3 is 2.52 bits per heavy atom. The number of carbonyl (C=O) groups excluding carboxylic acids is 2. The predicted octanol–water partition coefficient (Wildman–Crippen LogP) is 2.53. The molecule has 3 N–H and O–H groups in total. The molecular formula is C20H29ClN4O4. The van der Waals surface area contributed by atoms with Gasteiger partial charge in [-0.1, -0.05) is 0 Å². The van der Waals surface area contributed by atoms with E-state index in [1.165, 1.54) is 0 Å². The van der Waals surface area contributed by atoms with E-state index in [1.807, 2.05) is 6.92 Å². The lowest BCUT2D eigenvalue weighted by Gasteiger charge is -2.37. The Balaban J connectivity index is 0.00000300. The topological polar surface area (TPSA) is 109 Å². The van der Waals surface area contributed by atoms with Crippen LogP contribution in [0.15, 0.2) is 24.3 Å². The first-order chi connectivity index (χ1) is 13.4. The van der Waals surface area contributed by atoms with Crippen LogP contribution in [0.5, 0.6) is 0 Å². The van der Waals surface area contributed by atoms with Crippen molar-refractivity contribution in [1.82, 2.24) is 4.90 Å². The molecule has 0 aromatic heterocycles. The second kappa shape index (κ2) is 9.93. The molecule has 2 saturated heterocycles. The molecule has 9 heteroatoms. The first kappa shape index (κ1) is 23.0. The molecular weight excluding hydrogens is 396 g/mol. The van der Waals surface area contributed by atoms with Gasteiger partial charge in [-0.3, -0.25) is 15.1 Å². The summed E-state index contributed by atoms with van der Waals surface area (Å²) in [5.74, 6) is -0.144. The number of carbonyl (C=O) groups is 2. The zero-order chi connectivity index (χ0) is 20.1. The first-order valence-corrected chi connectivity index (χ1v) is 9.75. The summed E-state index contributed by atoms with van der Waals surface area (Å²) in [6.07, 6.45) is 2.45. The molecule has 29 heavy (non-hydrogen) atoms. The second-order valence-corrected chi connectivity index (χ2v) is 7.35. The number of hydrogen-bond donors (Lipinski definition) is 2. The van der Waals surface area contributed by atoms with Gasteiger partial charge in [0.25, 0.3) is 0 Å². The molecule has 1 spiro atoms. The Labute approximate surface area is 177 Å². The molecule has 3 rings (SSSR count). The van der Waals surface area contributed by atoms with E-state index in [4.69, 9.17) is 20.6 Å². The maximum absolute atomic E-state index is 12.4. The maximum atomic E-state index is 12.4. The Hall–Kier alpha value is -2.32. The largest absolute Gasteiger partial charge is 0.466 e. The molecule has 2 fully saturated rings. The molecule has 2 aliphatic heterocycles. The van der Waals surface area contributed by atoms with Crippen molar-refractivity contribution in [3.05, 3.63) is 29.8 Å². The highest BCUT2D eigenvalue weighted by molar-refractivity contribution is 5.96. The fraction of sp³-hybridized carbons (Fsp3) is 0.550. The van der Waals surface area contributed by atoms with Gasteiger partial charge in [0, 0.05) is 43.6 Å². The van der Waals surface area contributed by atoms with Crippen molar-refractivity contribution in [2.45, 2.75) is 38.2 Å². The van der Waals surface area contributed by atoms with Gasteiger partial charge in [0.2, 0.25) is 0 Å². The number of benzene rings is 1. The van der Waals surface area contributed by atoms with Crippen LogP contribution in [0.25, 0.3) is 0 Å². The predicted molar refractivity (Wildman–Crippen MR) is 113 cm³/mol. The van der Waals surface area contributed by atoms with E-state index < -0.39 is 5.60 Å². The van der Waals surface area contributed by atoms with Gasteiger partial charge in [0.05, 0.1) is 13.2 Å². The van der Waals surface area contributed by atoms with E-state index >= 15 is 0 Å². The van der Waals surface area contributed by atoms with E-state index in [0.29, 0.717) is 25.1 Å². The molecule has 0 radical (unpaired) electrons. The molecule has 0 aliphatic carbocycles. The average molecular weight is 425 g/mol. The van der Waals surface area contributed by atoms with Gasteiger partial charge in [0.1, 0.15) is 11.4 Å². The van der Waals surface area contributed by atoms with Crippen molar-refractivity contribution in [2.24, 2.45) is 5.73 Å². The third-order valence-electron chi connectivity index (χ3n) is 5.39. The van der Waals surface area contributed by atoms with Crippen LogP contribution < -0.4 is 10.6 Å². The van der Waals surface area contributed by atoms with Gasteiger partial charge in [-0.2, -0.15) is 0 Å². The standard InChI is InChI=1S/C20H28N4O4.ClH/c1-2-27-17(25)4-3-11-23-12-9-20(10-13-23)14-24(19(26)28-20)16-7-5-15(6-8-16)18(21)22;/h5-8H,2-4,9-14H2,1H3,(H3,21,22);1H. The van der Waals surface area contributed by atoms with Crippen LogP contribution in [-0.2, 0) is 14.3 Å².